The Morgan fingerprint density at radius 1 is 1.50 bits per heavy atom. The normalized spacial score (nSPS) is 10.8. The molecule has 0 atom stereocenters. The van der Waals surface area contributed by atoms with Crippen molar-refractivity contribution in [2.75, 3.05) is 11.1 Å². The topological polar surface area (TPSA) is 109 Å². The average Bonchev–Trinajstić information content (AvgIpc) is 2.19. The van der Waals surface area contributed by atoms with Crippen molar-refractivity contribution in [3.63, 3.8) is 0 Å². The molecule has 0 spiro atoms. The number of carbonyl (C=O) groups is 1. The second kappa shape index (κ2) is 4.33. The number of carbonyl (C=O) groups excluding carboxylic acids is 1. The van der Waals surface area contributed by atoms with Gasteiger partial charge >= 0.3 is 0 Å². The number of rotatable bonds is 3. The molecule has 0 bridgehead atoms. The molecule has 0 aliphatic rings. The number of para-hydroxylation sites is 1. The van der Waals surface area contributed by atoms with Gasteiger partial charge in [0.1, 0.15) is 4.90 Å². The summed E-state index contributed by atoms with van der Waals surface area (Å²) in [5, 5.41) is 2.21. The van der Waals surface area contributed by atoms with Crippen molar-refractivity contribution in [2.24, 2.45) is 0 Å². The van der Waals surface area contributed by atoms with E-state index in [4.69, 9.17) is 10.3 Å². The predicted molar refractivity (Wildman–Crippen MR) is 59.5 cm³/mol. The third kappa shape index (κ3) is 2.59. The van der Waals surface area contributed by atoms with E-state index in [0.717, 1.165) is 12.1 Å². The van der Waals surface area contributed by atoms with Crippen LogP contribution in [0.4, 0.5) is 11.4 Å². The molecule has 0 unspecified atom stereocenters. The molecule has 7 heteroatoms. The molecule has 0 aromatic heterocycles. The maximum atomic E-state index is 11.1. The first-order chi connectivity index (χ1) is 7.36. The number of hydrogen-bond donors (Lipinski definition) is 3. The molecule has 1 aromatic rings. The van der Waals surface area contributed by atoms with Gasteiger partial charge in [-0.1, -0.05) is 12.6 Å². The number of nitrogens with two attached hydrogens (primary N) is 1. The van der Waals surface area contributed by atoms with Crippen LogP contribution in [0.25, 0.3) is 0 Å². The lowest BCUT2D eigenvalue weighted by Crippen LogP contribution is -2.13. The molecule has 4 N–H and O–H groups in total. The second-order valence-corrected chi connectivity index (χ2v) is 4.28. The van der Waals surface area contributed by atoms with Gasteiger partial charge in [0.2, 0.25) is 5.91 Å². The SMILES string of the molecule is C=CC(=O)Nc1c(N)cccc1S(=O)(=O)O. The molecule has 1 aromatic carbocycles. The zero-order valence-electron chi connectivity index (χ0n) is 8.17. The number of amides is 1. The number of nitrogens with one attached hydrogen (secondary N) is 1. The van der Waals surface area contributed by atoms with Crippen LogP contribution in [-0.2, 0) is 14.9 Å². The number of benzene rings is 1. The van der Waals surface area contributed by atoms with Crippen LogP contribution in [0.5, 0.6) is 0 Å². The smallest absolute Gasteiger partial charge is 0.296 e. The highest BCUT2D eigenvalue weighted by atomic mass is 32.2. The van der Waals surface area contributed by atoms with Gasteiger partial charge in [-0.05, 0) is 18.2 Å². The fourth-order valence-corrected chi connectivity index (χ4v) is 1.75. The summed E-state index contributed by atoms with van der Waals surface area (Å²) in [5.41, 5.74) is 5.37. The zero-order valence-corrected chi connectivity index (χ0v) is 8.99. The monoisotopic (exact) mass is 242 g/mol. The van der Waals surface area contributed by atoms with Crippen LogP contribution in [0, 0.1) is 0 Å². The highest BCUT2D eigenvalue weighted by molar-refractivity contribution is 7.86. The molecule has 6 nitrogen and oxygen atoms in total. The van der Waals surface area contributed by atoms with Crippen LogP contribution < -0.4 is 11.1 Å². The van der Waals surface area contributed by atoms with E-state index in [-0.39, 0.29) is 11.4 Å². The minimum Gasteiger partial charge on any atom is -0.397 e. The Balaban J connectivity index is 3.35. The van der Waals surface area contributed by atoms with Crippen LogP contribution in [0.3, 0.4) is 0 Å². The summed E-state index contributed by atoms with van der Waals surface area (Å²) in [5.74, 6) is -0.622. The molecule has 0 radical (unpaired) electrons. The Labute approximate surface area is 92.5 Å². The van der Waals surface area contributed by atoms with E-state index in [9.17, 15) is 13.2 Å². The Morgan fingerprint density at radius 2 is 2.12 bits per heavy atom. The van der Waals surface area contributed by atoms with Gasteiger partial charge < -0.3 is 11.1 Å². The van der Waals surface area contributed by atoms with Crippen molar-refractivity contribution in [3.8, 4) is 0 Å². The zero-order chi connectivity index (χ0) is 12.3. The molecule has 1 amide bonds. The Hall–Kier alpha value is -1.86. The fraction of sp³-hybridized carbons (Fsp3) is 0. The van der Waals surface area contributed by atoms with Crippen LogP contribution in [-0.4, -0.2) is 18.9 Å². The third-order valence-electron chi connectivity index (χ3n) is 1.77. The molecular weight excluding hydrogens is 232 g/mol. The summed E-state index contributed by atoms with van der Waals surface area (Å²) in [7, 11) is -4.44. The first-order valence-corrected chi connectivity index (χ1v) is 5.59. The van der Waals surface area contributed by atoms with Gasteiger partial charge in [-0.3, -0.25) is 9.35 Å². The fourth-order valence-electron chi connectivity index (χ4n) is 1.07. The molecule has 1 rings (SSSR count). The summed E-state index contributed by atoms with van der Waals surface area (Å²) in [6.45, 7) is 3.21. The quantitative estimate of drug-likeness (QED) is 0.409. The first kappa shape index (κ1) is 12.2. The predicted octanol–water partition coefficient (Wildman–Crippen LogP) is 0.640. The maximum absolute atomic E-state index is 11.1. The molecule has 0 aliphatic carbocycles. The van der Waals surface area contributed by atoms with E-state index >= 15 is 0 Å². The highest BCUT2D eigenvalue weighted by Gasteiger charge is 2.18. The van der Waals surface area contributed by atoms with E-state index in [1.54, 1.807) is 0 Å². The standard InChI is InChI=1S/C9H10N2O4S/c1-2-8(12)11-9-6(10)4-3-5-7(9)16(13,14)15/h2-5H,1,10H2,(H,11,12)(H,13,14,15). The minimum absolute atomic E-state index is 0.0327. The van der Waals surface area contributed by atoms with Crippen molar-refractivity contribution < 1.29 is 17.8 Å². The van der Waals surface area contributed by atoms with Gasteiger partial charge in [0.15, 0.2) is 0 Å². The second-order valence-electron chi connectivity index (χ2n) is 2.89. The summed E-state index contributed by atoms with van der Waals surface area (Å²) in [6, 6.07) is 3.87. The van der Waals surface area contributed by atoms with Crippen LogP contribution in [0.2, 0.25) is 0 Å². The summed E-state index contributed by atoms with van der Waals surface area (Å²) >= 11 is 0. The van der Waals surface area contributed by atoms with Crippen molar-refractivity contribution in [1.82, 2.24) is 0 Å². The summed E-state index contributed by atoms with van der Waals surface area (Å²) in [4.78, 5) is 10.6. The maximum Gasteiger partial charge on any atom is 0.296 e. The van der Waals surface area contributed by atoms with Crippen molar-refractivity contribution in [2.45, 2.75) is 4.90 Å². The molecule has 0 heterocycles. The van der Waals surface area contributed by atoms with Gasteiger partial charge in [0.25, 0.3) is 10.1 Å². The molecule has 86 valence electrons. The van der Waals surface area contributed by atoms with Crippen LogP contribution >= 0.6 is 0 Å². The van der Waals surface area contributed by atoms with Crippen molar-refractivity contribution in [3.05, 3.63) is 30.9 Å². The van der Waals surface area contributed by atoms with E-state index in [1.807, 2.05) is 0 Å². The number of hydrogen-bond acceptors (Lipinski definition) is 4. The van der Waals surface area contributed by atoms with E-state index < -0.39 is 20.9 Å². The highest BCUT2D eigenvalue weighted by Crippen LogP contribution is 2.27. The van der Waals surface area contributed by atoms with E-state index in [0.29, 0.717) is 0 Å². The molecular formula is C9H10N2O4S. The largest absolute Gasteiger partial charge is 0.397 e. The lowest BCUT2D eigenvalue weighted by atomic mass is 10.2. The summed E-state index contributed by atoms with van der Waals surface area (Å²) in [6.07, 6.45) is 0.959. The number of nitrogen functional groups attached to an aromatic ring is 1. The Bertz CT molecular complexity index is 536. The Kier molecular flexibility index (Phi) is 3.31. The van der Waals surface area contributed by atoms with E-state index in [2.05, 4.69) is 11.9 Å². The molecule has 0 aliphatic heterocycles. The van der Waals surface area contributed by atoms with Gasteiger partial charge in [-0.15, -0.1) is 0 Å². The van der Waals surface area contributed by atoms with Crippen LogP contribution in [0.15, 0.2) is 35.7 Å². The molecule has 0 fully saturated rings. The van der Waals surface area contributed by atoms with Gasteiger partial charge in [-0.2, -0.15) is 8.42 Å². The van der Waals surface area contributed by atoms with Crippen molar-refractivity contribution in [1.29, 1.82) is 0 Å². The molecule has 0 saturated carbocycles. The number of anilines is 2. The molecule has 0 saturated heterocycles. The van der Waals surface area contributed by atoms with Gasteiger partial charge in [0, 0.05) is 0 Å². The van der Waals surface area contributed by atoms with Crippen LogP contribution in [0.1, 0.15) is 0 Å². The Morgan fingerprint density at radius 3 is 2.62 bits per heavy atom. The van der Waals surface area contributed by atoms with Gasteiger partial charge in [-0.25, -0.2) is 0 Å². The van der Waals surface area contributed by atoms with Crippen molar-refractivity contribution >= 4 is 27.4 Å². The van der Waals surface area contributed by atoms with E-state index in [1.165, 1.54) is 12.1 Å². The summed E-state index contributed by atoms with van der Waals surface area (Å²) < 4.78 is 30.9. The van der Waals surface area contributed by atoms with Gasteiger partial charge in [0.05, 0.1) is 11.4 Å². The average molecular weight is 242 g/mol. The lowest BCUT2D eigenvalue weighted by molar-refractivity contribution is -0.111. The minimum atomic E-state index is -4.44. The molecule has 16 heavy (non-hydrogen) atoms. The third-order valence-corrected chi connectivity index (χ3v) is 2.67. The first-order valence-electron chi connectivity index (χ1n) is 4.15. The lowest BCUT2D eigenvalue weighted by Gasteiger charge is -2.09.